The topological polar surface area (TPSA) is 46.5 Å². The predicted octanol–water partition coefficient (Wildman–Crippen LogP) is 2.49. The van der Waals surface area contributed by atoms with Crippen LogP contribution in [0.25, 0.3) is 0 Å². The van der Waals surface area contributed by atoms with Gasteiger partial charge in [-0.25, -0.2) is 0 Å². The monoisotopic (exact) mass is 248 g/mol. The molecule has 0 amide bonds. The van der Waals surface area contributed by atoms with E-state index >= 15 is 0 Å². The summed E-state index contributed by atoms with van der Waals surface area (Å²) in [5.74, 6) is -0.474. The van der Waals surface area contributed by atoms with Crippen LogP contribution in [0.2, 0.25) is 0 Å². The summed E-state index contributed by atoms with van der Waals surface area (Å²) in [6.45, 7) is 5.52. The highest BCUT2D eigenvalue weighted by atomic mass is 16.5. The van der Waals surface area contributed by atoms with Crippen LogP contribution < -0.4 is 0 Å². The molecule has 0 spiro atoms. The Morgan fingerprint density at radius 3 is 2.50 bits per heavy atom. The van der Waals surface area contributed by atoms with Crippen molar-refractivity contribution >= 4 is 5.78 Å². The Kier molecular flexibility index (Phi) is 3.55. The molecular weight excluding hydrogens is 228 g/mol. The molecule has 0 saturated carbocycles. The van der Waals surface area contributed by atoms with Gasteiger partial charge in [0, 0.05) is 0 Å². The minimum absolute atomic E-state index is 0.00861. The summed E-state index contributed by atoms with van der Waals surface area (Å²) in [5.41, 5.74) is -0.0169. The van der Waals surface area contributed by atoms with E-state index in [0.717, 1.165) is 12.0 Å². The lowest BCUT2D eigenvalue weighted by Gasteiger charge is -2.21. The second-order valence-electron chi connectivity index (χ2n) is 5.32. The van der Waals surface area contributed by atoms with Crippen molar-refractivity contribution in [1.82, 2.24) is 0 Å². The Balaban J connectivity index is 2.29. The fourth-order valence-corrected chi connectivity index (χ4v) is 2.62. The molecule has 1 N–H and O–H groups in total. The first-order valence-electron chi connectivity index (χ1n) is 6.42. The summed E-state index contributed by atoms with van der Waals surface area (Å²) >= 11 is 0. The summed E-state index contributed by atoms with van der Waals surface area (Å²) in [4.78, 5) is 12.3. The molecule has 1 aromatic carbocycles. The molecule has 3 heteroatoms. The normalized spacial score (nSPS) is 28.3. The van der Waals surface area contributed by atoms with Gasteiger partial charge in [0.2, 0.25) is 0 Å². The number of ketones is 1. The van der Waals surface area contributed by atoms with Gasteiger partial charge in [0.05, 0.1) is 18.1 Å². The average Bonchev–Trinajstić information content (AvgIpc) is 2.60. The summed E-state index contributed by atoms with van der Waals surface area (Å²) < 4.78 is 5.76. The number of aliphatic hydroxyl groups is 1. The maximum absolute atomic E-state index is 12.3. The van der Waals surface area contributed by atoms with Crippen molar-refractivity contribution in [2.24, 2.45) is 5.92 Å². The molecule has 2 rings (SSSR count). The summed E-state index contributed by atoms with van der Waals surface area (Å²) in [5, 5.41) is 10.4. The highest BCUT2D eigenvalue weighted by molar-refractivity contribution is 5.91. The first kappa shape index (κ1) is 13.2. The van der Waals surface area contributed by atoms with Crippen LogP contribution in [0.5, 0.6) is 0 Å². The minimum Gasteiger partial charge on any atom is -0.388 e. The molecule has 98 valence electrons. The molecule has 0 radical (unpaired) electrons. The van der Waals surface area contributed by atoms with E-state index in [4.69, 9.17) is 4.74 Å². The van der Waals surface area contributed by atoms with Crippen LogP contribution in [0.1, 0.15) is 38.9 Å². The molecule has 1 heterocycles. The van der Waals surface area contributed by atoms with Crippen molar-refractivity contribution in [2.45, 2.75) is 45.0 Å². The molecule has 1 aromatic rings. The van der Waals surface area contributed by atoms with Gasteiger partial charge in [-0.2, -0.15) is 0 Å². The van der Waals surface area contributed by atoms with Crippen molar-refractivity contribution in [1.29, 1.82) is 0 Å². The Bertz CT molecular complexity index is 425. The van der Waals surface area contributed by atoms with Gasteiger partial charge in [-0.05, 0) is 25.8 Å². The van der Waals surface area contributed by atoms with Crippen LogP contribution in [0.3, 0.4) is 0 Å². The first-order valence-corrected chi connectivity index (χ1v) is 6.42. The van der Waals surface area contributed by atoms with Gasteiger partial charge in [-0.1, -0.05) is 37.3 Å². The summed E-state index contributed by atoms with van der Waals surface area (Å²) in [6, 6.07) is 9.31. The molecule has 1 saturated heterocycles. The lowest BCUT2D eigenvalue weighted by atomic mass is 9.84. The number of benzene rings is 1. The Hall–Kier alpha value is -1.19. The van der Waals surface area contributed by atoms with Crippen LogP contribution in [-0.4, -0.2) is 22.6 Å². The van der Waals surface area contributed by atoms with Gasteiger partial charge in [0.15, 0.2) is 5.78 Å². The van der Waals surface area contributed by atoms with E-state index in [1.807, 2.05) is 37.3 Å². The Morgan fingerprint density at radius 2 is 1.94 bits per heavy atom. The fourth-order valence-electron chi connectivity index (χ4n) is 2.62. The molecular formula is C15H20O3. The molecule has 18 heavy (non-hydrogen) atoms. The third-order valence-corrected chi connectivity index (χ3v) is 3.63. The van der Waals surface area contributed by atoms with Crippen molar-refractivity contribution in [3.8, 4) is 0 Å². The van der Waals surface area contributed by atoms with Crippen LogP contribution in [0, 0.1) is 5.92 Å². The lowest BCUT2D eigenvalue weighted by molar-refractivity contribution is -0.132. The van der Waals surface area contributed by atoms with Gasteiger partial charge in [-0.3, -0.25) is 4.79 Å². The van der Waals surface area contributed by atoms with E-state index in [1.54, 1.807) is 13.8 Å². The van der Waals surface area contributed by atoms with Gasteiger partial charge >= 0.3 is 0 Å². The number of aliphatic hydroxyl groups excluding tert-OH is 1. The Labute approximate surface area is 108 Å². The van der Waals surface area contributed by atoms with Crippen LogP contribution in [0.15, 0.2) is 30.3 Å². The van der Waals surface area contributed by atoms with Gasteiger partial charge in [0.1, 0.15) is 5.60 Å². The molecule has 0 unspecified atom stereocenters. The van der Waals surface area contributed by atoms with Crippen LogP contribution in [-0.2, 0) is 9.53 Å². The lowest BCUT2D eigenvalue weighted by Crippen LogP contribution is -2.32. The van der Waals surface area contributed by atoms with Crippen LogP contribution in [0.4, 0.5) is 0 Å². The SMILES string of the molecule is CC[C@@H]1OC(C)(C)C(=O)[C@H]1[C@H](O)c1ccccc1. The van der Waals surface area contributed by atoms with Crippen molar-refractivity contribution in [3.05, 3.63) is 35.9 Å². The van der Waals surface area contributed by atoms with E-state index in [9.17, 15) is 9.90 Å². The maximum atomic E-state index is 12.3. The molecule has 3 nitrogen and oxygen atoms in total. The molecule has 0 aromatic heterocycles. The van der Waals surface area contributed by atoms with Crippen molar-refractivity contribution < 1.29 is 14.6 Å². The standard InChI is InChI=1S/C15H20O3/c1-4-11-12(14(17)15(2,3)18-11)13(16)10-8-6-5-7-9-10/h5-9,11-13,16H,4H2,1-3H3/t11-,12+,13+/m0/s1. The number of Topliss-reactive ketones (excluding diaryl/α,β-unsaturated/α-hetero) is 1. The van der Waals surface area contributed by atoms with E-state index in [-0.39, 0.29) is 11.9 Å². The van der Waals surface area contributed by atoms with Gasteiger partial charge < -0.3 is 9.84 Å². The first-order chi connectivity index (χ1) is 8.47. The van der Waals surface area contributed by atoms with Crippen LogP contribution >= 0.6 is 0 Å². The largest absolute Gasteiger partial charge is 0.388 e. The van der Waals surface area contributed by atoms with Gasteiger partial charge in [0.25, 0.3) is 0 Å². The average molecular weight is 248 g/mol. The highest BCUT2D eigenvalue weighted by Gasteiger charge is 2.50. The molecule has 1 aliphatic heterocycles. The van der Waals surface area contributed by atoms with Gasteiger partial charge in [-0.15, -0.1) is 0 Å². The second-order valence-corrected chi connectivity index (χ2v) is 5.32. The van der Waals surface area contributed by atoms with E-state index in [2.05, 4.69) is 0 Å². The zero-order chi connectivity index (χ0) is 13.3. The minimum atomic E-state index is -0.791. The zero-order valence-electron chi connectivity index (χ0n) is 11.1. The third kappa shape index (κ3) is 2.20. The molecule has 0 bridgehead atoms. The molecule has 3 atom stereocenters. The fraction of sp³-hybridized carbons (Fsp3) is 0.533. The zero-order valence-corrected chi connectivity index (χ0v) is 11.1. The van der Waals surface area contributed by atoms with E-state index < -0.39 is 17.6 Å². The second kappa shape index (κ2) is 4.82. The molecule has 0 aliphatic carbocycles. The summed E-state index contributed by atoms with van der Waals surface area (Å²) in [7, 11) is 0. The number of hydrogen-bond donors (Lipinski definition) is 1. The van der Waals surface area contributed by atoms with Crippen molar-refractivity contribution in [2.75, 3.05) is 0 Å². The highest BCUT2D eigenvalue weighted by Crippen LogP contribution is 2.39. The number of carbonyl (C=O) groups excluding carboxylic acids is 1. The maximum Gasteiger partial charge on any atom is 0.172 e. The smallest absolute Gasteiger partial charge is 0.172 e. The Morgan fingerprint density at radius 1 is 1.33 bits per heavy atom. The predicted molar refractivity (Wildman–Crippen MR) is 69.1 cm³/mol. The number of ether oxygens (including phenoxy) is 1. The van der Waals surface area contributed by atoms with Crippen molar-refractivity contribution in [3.63, 3.8) is 0 Å². The summed E-state index contributed by atoms with van der Waals surface area (Å²) in [6.07, 6.45) is -0.267. The number of rotatable bonds is 3. The quantitative estimate of drug-likeness (QED) is 0.894. The van der Waals surface area contributed by atoms with E-state index in [1.165, 1.54) is 0 Å². The number of carbonyl (C=O) groups is 1. The molecule has 1 aliphatic rings. The molecule has 1 fully saturated rings. The number of hydrogen-bond acceptors (Lipinski definition) is 3. The third-order valence-electron chi connectivity index (χ3n) is 3.63. The van der Waals surface area contributed by atoms with E-state index in [0.29, 0.717) is 0 Å².